The number of carboxylic acid groups (broad SMARTS) is 1. The first-order valence-electron chi connectivity index (χ1n) is 4.87. The van der Waals surface area contributed by atoms with Gasteiger partial charge in [0.2, 0.25) is 0 Å². The summed E-state index contributed by atoms with van der Waals surface area (Å²) in [6.07, 6.45) is -3.95. The Morgan fingerprint density at radius 3 is 2.38 bits per heavy atom. The van der Waals surface area contributed by atoms with Gasteiger partial charge < -0.3 is 10.4 Å². The molecule has 0 radical (unpaired) electrons. The van der Waals surface area contributed by atoms with Gasteiger partial charge in [-0.1, -0.05) is 0 Å². The van der Waals surface area contributed by atoms with E-state index in [1.54, 1.807) is 0 Å². The number of hydrogen-bond donors (Lipinski definition) is 2. The second-order valence-electron chi connectivity index (χ2n) is 4.47. The van der Waals surface area contributed by atoms with Gasteiger partial charge in [-0.15, -0.1) is 0 Å². The van der Waals surface area contributed by atoms with Crippen LogP contribution in [0.4, 0.5) is 13.2 Å². The Bertz CT molecular complexity index is 354. The van der Waals surface area contributed by atoms with Gasteiger partial charge in [0.15, 0.2) is 0 Å². The van der Waals surface area contributed by atoms with Gasteiger partial charge in [-0.25, -0.2) is 0 Å². The molecule has 2 aliphatic carbocycles. The SMILES string of the molecule is O=C(N[C@H]1C[C@@H]2C[C@]2(C(=O)O)C1)C(F)(F)F. The monoisotopic (exact) mass is 237 g/mol. The lowest BCUT2D eigenvalue weighted by Crippen LogP contribution is -2.43. The Morgan fingerprint density at radius 2 is 1.94 bits per heavy atom. The molecule has 0 unspecified atom stereocenters. The quantitative estimate of drug-likeness (QED) is 0.750. The molecule has 90 valence electrons. The summed E-state index contributed by atoms with van der Waals surface area (Å²) in [6.45, 7) is 0. The van der Waals surface area contributed by atoms with Crippen LogP contribution in [0.1, 0.15) is 19.3 Å². The van der Waals surface area contributed by atoms with Crippen LogP contribution in [-0.2, 0) is 9.59 Å². The summed E-state index contributed by atoms with van der Waals surface area (Å²) in [5.41, 5.74) is -0.871. The molecule has 3 atom stereocenters. The largest absolute Gasteiger partial charge is 0.481 e. The molecule has 2 fully saturated rings. The molecule has 7 heteroatoms. The predicted molar refractivity (Wildman–Crippen MR) is 45.4 cm³/mol. The van der Waals surface area contributed by atoms with Crippen LogP contribution in [0.5, 0.6) is 0 Å². The highest BCUT2D eigenvalue weighted by Crippen LogP contribution is 2.63. The predicted octanol–water partition coefficient (Wildman–Crippen LogP) is 0.918. The summed E-state index contributed by atoms with van der Waals surface area (Å²) in [7, 11) is 0. The van der Waals surface area contributed by atoms with E-state index in [4.69, 9.17) is 5.11 Å². The molecule has 0 aromatic rings. The minimum absolute atomic E-state index is 0.0801. The number of fused-ring (bicyclic) bond motifs is 1. The van der Waals surface area contributed by atoms with E-state index in [0.717, 1.165) is 0 Å². The summed E-state index contributed by atoms with van der Waals surface area (Å²) in [6, 6.07) is -0.663. The minimum Gasteiger partial charge on any atom is -0.481 e. The first kappa shape index (κ1) is 11.2. The molecular formula is C9H10F3NO3. The molecule has 1 amide bonds. The first-order chi connectivity index (χ1) is 7.25. The van der Waals surface area contributed by atoms with E-state index in [1.807, 2.05) is 5.32 Å². The van der Waals surface area contributed by atoms with Gasteiger partial charge >= 0.3 is 18.1 Å². The summed E-state index contributed by atoms with van der Waals surface area (Å²) < 4.78 is 35.8. The Hall–Kier alpha value is -1.27. The zero-order valence-electron chi connectivity index (χ0n) is 8.17. The molecule has 0 spiro atoms. The smallest absolute Gasteiger partial charge is 0.471 e. The molecule has 4 nitrogen and oxygen atoms in total. The molecular weight excluding hydrogens is 227 g/mol. The van der Waals surface area contributed by atoms with Crippen molar-refractivity contribution >= 4 is 11.9 Å². The van der Waals surface area contributed by atoms with Crippen molar-refractivity contribution in [1.82, 2.24) is 5.32 Å². The fourth-order valence-corrected chi connectivity index (χ4v) is 2.53. The lowest BCUT2D eigenvalue weighted by molar-refractivity contribution is -0.174. The number of amides is 1. The molecule has 0 bridgehead atoms. The van der Waals surface area contributed by atoms with E-state index >= 15 is 0 Å². The van der Waals surface area contributed by atoms with E-state index in [-0.39, 0.29) is 12.3 Å². The molecule has 0 heterocycles. The number of carboxylic acids is 1. The van der Waals surface area contributed by atoms with Crippen molar-refractivity contribution in [3.8, 4) is 0 Å². The van der Waals surface area contributed by atoms with Gasteiger partial charge in [-0.3, -0.25) is 9.59 Å². The van der Waals surface area contributed by atoms with Crippen molar-refractivity contribution in [2.45, 2.75) is 31.5 Å². The molecule has 2 saturated carbocycles. The number of aliphatic carboxylic acids is 1. The molecule has 2 aliphatic rings. The second-order valence-corrected chi connectivity index (χ2v) is 4.47. The van der Waals surface area contributed by atoms with Crippen LogP contribution < -0.4 is 5.32 Å². The average Bonchev–Trinajstić information content (AvgIpc) is 2.69. The zero-order chi connectivity index (χ0) is 12.1. The Morgan fingerprint density at radius 1 is 1.31 bits per heavy atom. The first-order valence-corrected chi connectivity index (χ1v) is 4.87. The fraction of sp³-hybridized carbons (Fsp3) is 0.778. The second kappa shape index (κ2) is 3.11. The average molecular weight is 237 g/mol. The third-order valence-electron chi connectivity index (χ3n) is 3.43. The number of hydrogen-bond acceptors (Lipinski definition) is 2. The third kappa shape index (κ3) is 1.64. The number of alkyl halides is 3. The Kier molecular flexibility index (Phi) is 2.18. The molecule has 0 saturated heterocycles. The van der Waals surface area contributed by atoms with Crippen LogP contribution in [-0.4, -0.2) is 29.2 Å². The van der Waals surface area contributed by atoms with E-state index < -0.39 is 29.5 Å². The normalized spacial score (nSPS) is 36.7. The highest BCUT2D eigenvalue weighted by molar-refractivity contribution is 5.83. The molecule has 0 aliphatic heterocycles. The highest BCUT2D eigenvalue weighted by Gasteiger charge is 2.65. The van der Waals surface area contributed by atoms with Gasteiger partial charge in [0.25, 0.3) is 0 Å². The van der Waals surface area contributed by atoms with Crippen LogP contribution in [0.25, 0.3) is 0 Å². The maximum absolute atomic E-state index is 11.9. The highest BCUT2D eigenvalue weighted by atomic mass is 19.4. The lowest BCUT2D eigenvalue weighted by atomic mass is 10.0. The van der Waals surface area contributed by atoms with Crippen molar-refractivity contribution in [1.29, 1.82) is 0 Å². The van der Waals surface area contributed by atoms with Gasteiger partial charge in [0, 0.05) is 6.04 Å². The maximum atomic E-state index is 11.9. The van der Waals surface area contributed by atoms with Crippen molar-refractivity contribution in [3.63, 3.8) is 0 Å². The zero-order valence-corrected chi connectivity index (χ0v) is 8.17. The van der Waals surface area contributed by atoms with Crippen molar-refractivity contribution in [2.24, 2.45) is 11.3 Å². The third-order valence-corrected chi connectivity index (χ3v) is 3.43. The van der Waals surface area contributed by atoms with Crippen LogP contribution in [0.2, 0.25) is 0 Å². The number of carbonyl (C=O) groups excluding carboxylic acids is 1. The van der Waals surface area contributed by atoms with Crippen LogP contribution in [0, 0.1) is 11.3 Å². The molecule has 0 aromatic heterocycles. The van der Waals surface area contributed by atoms with Crippen LogP contribution in [0.3, 0.4) is 0 Å². The van der Waals surface area contributed by atoms with Crippen molar-refractivity contribution in [3.05, 3.63) is 0 Å². The van der Waals surface area contributed by atoms with Crippen molar-refractivity contribution < 1.29 is 27.9 Å². The van der Waals surface area contributed by atoms with Gasteiger partial charge in [0.05, 0.1) is 5.41 Å². The molecule has 16 heavy (non-hydrogen) atoms. The van der Waals surface area contributed by atoms with E-state index in [2.05, 4.69) is 0 Å². The molecule has 2 rings (SSSR count). The minimum atomic E-state index is -4.90. The molecule has 0 aromatic carbocycles. The van der Waals surface area contributed by atoms with Crippen molar-refractivity contribution in [2.75, 3.05) is 0 Å². The summed E-state index contributed by atoms with van der Waals surface area (Å²) in [4.78, 5) is 21.5. The number of nitrogens with one attached hydrogen (secondary N) is 1. The van der Waals surface area contributed by atoms with E-state index in [1.165, 1.54) is 0 Å². The Balaban J connectivity index is 1.92. The topological polar surface area (TPSA) is 66.4 Å². The Labute approximate surface area is 88.8 Å². The fourth-order valence-electron chi connectivity index (χ4n) is 2.53. The van der Waals surface area contributed by atoms with Crippen LogP contribution >= 0.6 is 0 Å². The number of rotatable bonds is 2. The van der Waals surface area contributed by atoms with E-state index in [9.17, 15) is 22.8 Å². The summed E-state index contributed by atoms with van der Waals surface area (Å²) in [5.74, 6) is -3.04. The number of halogens is 3. The van der Waals surface area contributed by atoms with Gasteiger partial charge in [0.1, 0.15) is 0 Å². The molecule has 2 N–H and O–H groups in total. The number of carbonyl (C=O) groups is 2. The standard InChI is InChI=1S/C9H10F3NO3/c10-9(11,12)6(14)13-5-1-4-2-8(4,3-5)7(15)16/h4-5H,1-3H2,(H,13,14)(H,15,16)/t4-,5+,8+/m1/s1. The van der Waals surface area contributed by atoms with Gasteiger partial charge in [-0.2, -0.15) is 13.2 Å². The summed E-state index contributed by atoms with van der Waals surface area (Å²) in [5, 5.41) is 10.7. The lowest BCUT2D eigenvalue weighted by Gasteiger charge is -2.16. The summed E-state index contributed by atoms with van der Waals surface area (Å²) >= 11 is 0. The van der Waals surface area contributed by atoms with Gasteiger partial charge in [-0.05, 0) is 25.2 Å². The van der Waals surface area contributed by atoms with E-state index in [0.29, 0.717) is 12.8 Å². The maximum Gasteiger partial charge on any atom is 0.471 e. The van der Waals surface area contributed by atoms with Crippen LogP contribution in [0.15, 0.2) is 0 Å².